The first-order valence-electron chi connectivity index (χ1n) is 9.79. The standard InChI is InChI=1S/C25H24N2/c1-15(2)14-17-10-7-13-20-22(17)27-24-23(26-20)18-11-5-8-16-9-6-12-19(21(16)18)25(24,3)4/h5-13,15H,14H2,1-4H3. The molecule has 5 rings (SSSR count). The highest BCUT2D eigenvalue weighted by Crippen LogP contribution is 2.47. The quantitative estimate of drug-likeness (QED) is 0.424. The topological polar surface area (TPSA) is 25.8 Å². The smallest absolute Gasteiger partial charge is 0.0940 e. The Kier molecular flexibility index (Phi) is 3.42. The number of aromatic nitrogens is 2. The van der Waals surface area contributed by atoms with E-state index in [1.54, 1.807) is 0 Å². The number of rotatable bonds is 2. The van der Waals surface area contributed by atoms with Crippen molar-refractivity contribution in [3.05, 3.63) is 71.4 Å². The molecule has 1 aliphatic carbocycles. The van der Waals surface area contributed by atoms with Crippen LogP contribution in [0.2, 0.25) is 0 Å². The lowest BCUT2D eigenvalue weighted by Gasteiger charge is -2.33. The summed E-state index contributed by atoms with van der Waals surface area (Å²) in [5.41, 5.74) is 7.87. The van der Waals surface area contributed by atoms with Crippen LogP contribution in [0.25, 0.3) is 33.1 Å². The second-order valence-electron chi connectivity index (χ2n) is 8.64. The summed E-state index contributed by atoms with van der Waals surface area (Å²) >= 11 is 0. The average Bonchev–Trinajstić information content (AvgIpc) is 2.65. The van der Waals surface area contributed by atoms with E-state index in [9.17, 15) is 0 Å². The Bertz CT molecular complexity index is 1200. The van der Waals surface area contributed by atoms with Gasteiger partial charge in [-0.2, -0.15) is 0 Å². The molecule has 0 atom stereocenters. The molecular weight excluding hydrogens is 328 g/mol. The molecule has 0 bridgehead atoms. The van der Waals surface area contributed by atoms with Crippen molar-refractivity contribution in [1.29, 1.82) is 0 Å². The Morgan fingerprint density at radius 2 is 1.63 bits per heavy atom. The molecule has 1 aliphatic rings. The van der Waals surface area contributed by atoms with Crippen LogP contribution in [0.15, 0.2) is 54.6 Å². The minimum atomic E-state index is -0.171. The molecule has 27 heavy (non-hydrogen) atoms. The van der Waals surface area contributed by atoms with Gasteiger partial charge in [-0.25, -0.2) is 9.97 Å². The van der Waals surface area contributed by atoms with E-state index in [0.29, 0.717) is 5.92 Å². The van der Waals surface area contributed by atoms with Gasteiger partial charge < -0.3 is 0 Å². The first-order valence-corrected chi connectivity index (χ1v) is 9.79. The van der Waals surface area contributed by atoms with Gasteiger partial charge in [-0.05, 0) is 40.3 Å². The molecule has 0 amide bonds. The minimum absolute atomic E-state index is 0.171. The van der Waals surface area contributed by atoms with Crippen LogP contribution in [0.5, 0.6) is 0 Å². The van der Waals surface area contributed by atoms with Crippen molar-refractivity contribution in [2.75, 3.05) is 0 Å². The van der Waals surface area contributed by atoms with E-state index in [4.69, 9.17) is 9.97 Å². The molecule has 4 aromatic rings. The van der Waals surface area contributed by atoms with Crippen LogP contribution in [-0.2, 0) is 11.8 Å². The molecule has 0 saturated heterocycles. The van der Waals surface area contributed by atoms with Crippen LogP contribution in [0, 0.1) is 5.92 Å². The third-order valence-corrected chi connectivity index (χ3v) is 5.83. The van der Waals surface area contributed by atoms with Crippen molar-refractivity contribution in [3.63, 3.8) is 0 Å². The van der Waals surface area contributed by atoms with E-state index in [1.807, 2.05) is 0 Å². The molecule has 3 aromatic carbocycles. The van der Waals surface area contributed by atoms with Crippen LogP contribution in [-0.4, -0.2) is 9.97 Å². The molecule has 2 nitrogen and oxygen atoms in total. The molecule has 0 aliphatic heterocycles. The predicted molar refractivity (Wildman–Crippen MR) is 113 cm³/mol. The molecule has 0 unspecified atom stereocenters. The van der Waals surface area contributed by atoms with Crippen molar-refractivity contribution < 1.29 is 0 Å². The summed E-state index contributed by atoms with van der Waals surface area (Å²) in [7, 11) is 0. The number of nitrogens with zero attached hydrogens (tertiary/aromatic N) is 2. The SMILES string of the molecule is CC(C)Cc1cccc2nc3c(nc12)C(C)(C)c1cccc2cccc-3c12. The summed E-state index contributed by atoms with van der Waals surface area (Å²) in [6.07, 6.45) is 1.03. The van der Waals surface area contributed by atoms with E-state index in [-0.39, 0.29) is 5.41 Å². The normalized spacial score (nSPS) is 14.7. The second-order valence-corrected chi connectivity index (χ2v) is 8.64. The summed E-state index contributed by atoms with van der Waals surface area (Å²) in [4.78, 5) is 10.4. The number of fused-ring (bicyclic) bond motifs is 3. The third-order valence-electron chi connectivity index (χ3n) is 5.83. The summed E-state index contributed by atoms with van der Waals surface area (Å²) in [5.74, 6) is 0.593. The molecule has 1 heterocycles. The van der Waals surface area contributed by atoms with Crippen molar-refractivity contribution >= 4 is 21.8 Å². The maximum atomic E-state index is 5.24. The highest BCUT2D eigenvalue weighted by Gasteiger charge is 2.36. The first kappa shape index (κ1) is 16.4. The Hall–Kier alpha value is -2.74. The lowest BCUT2D eigenvalue weighted by atomic mass is 9.72. The van der Waals surface area contributed by atoms with Crippen LogP contribution in [0.4, 0.5) is 0 Å². The molecular formula is C25H24N2. The van der Waals surface area contributed by atoms with Crippen LogP contribution in [0.3, 0.4) is 0 Å². The lowest BCUT2D eigenvalue weighted by molar-refractivity contribution is 0.618. The summed E-state index contributed by atoms with van der Waals surface area (Å²) in [6, 6.07) is 19.5. The molecule has 2 heteroatoms. The maximum Gasteiger partial charge on any atom is 0.0940 e. The Morgan fingerprint density at radius 1 is 0.889 bits per heavy atom. The number of hydrogen-bond donors (Lipinski definition) is 0. The number of benzene rings is 3. The summed E-state index contributed by atoms with van der Waals surface area (Å²) in [6.45, 7) is 9.07. The second kappa shape index (κ2) is 5.63. The van der Waals surface area contributed by atoms with Crippen LogP contribution < -0.4 is 0 Å². The fourth-order valence-corrected chi connectivity index (χ4v) is 4.55. The Morgan fingerprint density at radius 3 is 2.41 bits per heavy atom. The molecule has 1 aromatic heterocycles. The minimum Gasteiger partial charge on any atom is -0.248 e. The van der Waals surface area contributed by atoms with Crippen molar-refractivity contribution in [2.24, 2.45) is 5.92 Å². The zero-order valence-corrected chi connectivity index (χ0v) is 16.4. The van der Waals surface area contributed by atoms with Crippen molar-refractivity contribution in [1.82, 2.24) is 9.97 Å². The van der Waals surface area contributed by atoms with Gasteiger partial charge in [-0.15, -0.1) is 0 Å². The van der Waals surface area contributed by atoms with Gasteiger partial charge >= 0.3 is 0 Å². The van der Waals surface area contributed by atoms with Gasteiger partial charge in [0.25, 0.3) is 0 Å². The van der Waals surface area contributed by atoms with E-state index < -0.39 is 0 Å². The van der Waals surface area contributed by atoms with E-state index >= 15 is 0 Å². The summed E-state index contributed by atoms with van der Waals surface area (Å²) < 4.78 is 0. The van der Waals surface area contributed by atoms with E-state index in [1.165, 1.54) is 27.5 Å². The van der Waals surface area contributed by atoms with Crippen LogP contribution >= 0.6 is 0 Å². The van der Waals surface area contributed by atoms with Crippen LogP contribution in [0.1, 0.15) is 44.5 Å². The van der Waals surface area contributed by atoms with Gasteiger partial charge in [0.2, 0.25) is 0 Å². The van der Waals surface area contributed by atoms with Crippen molar-refractivity contribution in [2.45, 2.75) is 39.5 Å². The number of hydrogen-bond acceptors (Lipinski definition) is 2. The predicted octanol–water partition coefficient (Wildman–Crippen LogP) is 6.29. The zero-order valence-electron chi connectivity index (χ0n) is 16.4. The summed E-state index contributed by atoms with van der Waals surface area (Å²) in [5, 5.41) is 2.60. The largest absolute Gasteiger partial charge is 0.248 e. The molecule has 0 spiro atoms. The fourth-order valence-electron chi connectivity index (χ4n) is 4.55. The highest BCUT2D eigenvalue weighted by molar-refractivity contribution is 6.02. The van der Waals surface area contributed by atoms with E-state index in [0.717, 1.165) is 28.8 Å². The molecule has 0 N–H and O–H groups in total. The molecule has 0 radical (unpaired) electrons. The Balaban J connectivity index is 1.90. The van der Waals surface area contributed by atoms with Gasteiger partial charge in [0.05, 0.1) is 22.4 Å². The molecule has 134 valence electrons. The van der Waals surface area contributed by atoms with Gasteiger partial charge in [0.1, 0.15) is 0 Å². The average molecular weight is 352 g/mol. The van der Waals surface area contributed by atoms with E-state index in [2.05, 4.69) is 82.3 Å². The van der Waals surface area contributed by atoms with Gasteiger partial charge in [-0.3, -0.25) is 0 Å². The van der Waals surface area contributed by atoms with Gasteiger partial charge in [0.15, 0.2) is 0 Å². The lowest BCUT2D eigenvalue weighted by Crippen LogP contribution is -2.26. The molecule has 0 fully saturated rings. The first-order chi connectivity index (χ1) is 13.0. The van der Waals surface area contributed by atoms with Gasteiger partial charge in [0, 0.05) is 11.0 Å². The van der Waals surface area contributed by atoms with Gasteiger partial charge in [-0.1, -0.05) is 76.2 Å². The zero-order chi connectivity index (χ0) is 18.8. The number of para-hydroxylation sites is 1. The highest BCUT2D eigenvalue weighted by atomic mass is 14.9. The van der Waals surface area contributed by atoms with Crippen molar-refractivity contribution in [3.8, 4) is 11.3 Å². The molecule has 0 saturated carbocycles. The monoisotopic (exact) mass is 352 g/mol. The Labute approximate surface area is 160 Å². The third kappa shape index (κ3) is 2.32. The fraction of sp³-hybridized carbons (Fsp3) is 0.280. The maximum absolute atomic E-state index is 5.24.